The van der Waals surface area contributed by atoms with Crippen molar-refractivity contribution in [3.63, 3.8) is 0 Å². The molecule has 1 unspecified atom stereocenters. The summed E-state index contributed by atoms with van der Waals surface area (Å²) in [5.74, 6) is -0.730. The van der Waals surface area contributed by atoms with Gasteiger partial charge in [-0.3, -0.25) is 19.5 Å². The van der Waals surface area contributed by atoms with Gasteiger partial charge in [0, 0.05) is 18.1 Å². The first-order chi connectivity index (χ1) is 16.0. The van der Waals surface area contributed by atoms with Crippen molar-refractivity contribution in [2.45, 2.75) is 19.9 Å². The number of aromatic nitrogens is 1. The summed E-state index contributed by atoms with van der Waals surface area (Å²) in [5, 5.41) is 11.3. The van der Waals surface area contributed by atoms with E-state index in [-0.39, 0.29) is 11.3 Å². The smallest absolute Gasteiger partial charge is 0.300 e. The molecule has 4 rings (SSSR count). The highest BCUT2D eigenvalue weighted by Gasteiger charge is 2.47. The largest absolute Gasteiger partial charge is 0.507 e. The summed E-state index contributed by atoms with van der Waals surface area (Å²) in [7, 11) is 1.49. The maximum absolute atomic E-state index is 13.3. The number of methoxy groups -OCH3 is 1. The van der Waals surface area contributed by atoms with Crippen LogP contribution < -0.4 is 14.4 Å². The molecule has 0 bridgehead atoms. The van der Waals surface area contributed by atoms with E-state index in [9.17, 15) is 14.7 Å². The summed E-state index contributed by atoms with van der Waals surface area (Å²) in [4.78, 5) is 31.9. The number of anilines is 1. The second-order valence-electron chi connectivity index (χ2n) is 7.58. The SMILES string of the molecule is CCOc1ccc(N2C(=O)C(=O)/C(=C(/O)c3cc(C)ccc3OC)C2c2ccncc2)cc1. The van der Waals surface area contributed by atoms with E-state index in [0.29, 0.717) is 34.9 Å². The summed E-state index contributed by atoms with van der Waals surface area (Å²) in [6.07, 6.45) is 3.17. The van der Waals surface area contributed by atoms with E-state index >= 15 is 0 Å². The van der Waals surface area contributed by atoms with Crippen LogP contribution in [0.1, 0.15) is 29.7 Å². The molecule has 1 N–H and O–H groups in total. The lowest BCUT2D eigenvalue weighted by atomic mass is 9.95. The lowest BCUT2D eigenvalue weighted by molar-refractivity contribution is -0.132. The van der Waals surface area contributed by atoms with E-state index in [2.05, 4.69) is 4.98 Å². The van der Waals surface area contributed by atoms with Crippen LogP contribution >= 0.6 is 0 Å². The van der Waals surface area contributed by atoms with Crippen LogP contribution in [0.2, 0.25) is 0 Å². The number of ketones is 1. The van der Waals surface area contributed by atoms with Gasteiger partial charge in [-0.2, -0.15) is 0 Å². The third-order valence-electron chi connectivity index (χ3n) is 5.50. The monoisotopic (exact) mass is 444 g/mol. The molecular weight excluding hydrogens is 420 g/mol. The molecule has 0 aliphatic carbocycles. The fourth-order valence-electron chi connectivity index (χ4n) is 3.98. The van der Waals surface area contributed by atoms with E-state index in [1.807, 2.05) is 19.9 Å². The van der Waals surface area contributed by atoms with Gasteiger partial charge in [-0.25, -0.2) is 0 Å². The molecule has 1 fully saturated rings. The Labute approximate surface area is 191 Å². The van der Waals surface area contributed by atoms with Gasteiger partial charge in [0.15, 0.2) is 0 Å². The fourth-order valence-corrected chi connectivity index (χ4v) is 3.98. The number of carbonyl (C=O) groups excluding carboxylic acids is 2. The second-order valence-corrected chi connectivity index (χ2v) is 7.58. The van der Waals surface area contributed by atoms with Gasteiger partial charge in [-0.1, -0.05) is 11.6 Å². The average Bonchev–Trinajstić information content (AvgIpc) is 3.10. The third kappa shape index (κ3) is 4.05. The molecule has 7 heteroatoms. The number of hydrogen-bond acceptors (Lipinski definition) is 6. The van der Waals surface area contributed by atoms with E-state index < -0.39 is 17.7 Å². The molecular formula is C26H24N2O5. The molecule has 1 aromatic heterocycles. The van der Waals surface area contributed by atoms with Gasteiger partial charge in [0.2, 0.25) is 0 Å². The number of aryl methyl sites for hydroxylation is 1. The number of pyridine rings is 1. The first-order valence-corrected chi connectivity index (χ1v) is 10.5. The summed E-state index contributed by atoms with van der Waals surface area (Å²) in [6.45, 7) is 4.27. The Balaban J connectivity index is 1.92. The Morgan fingerprint density at radius 1 is 1.06 bits per heavy atom. The normalized spacial score (nSPS) is 17.3. The second kappa shape index (κ2) is 9.16. The first kappa shape index (κ1) is 22.1. The average molecular weight is 444 g/mol. The highest BCUT2D eigenvalue weighted by atomic mass is 16.5. The number of nitrogens with zero attached hydrogens (tertiary/aromatic N) is 2. The maximum atomic E-state index is 13.3. The Hall–Kier alpha value is -4.13. The molecule has 0 saturated carbocycles. The lowest BCUT2D eigenvalue weighted by Crippen LogP contribution is -2.29. The van der Waals surface area contributed by atoms with Gasteiger partial charge in [-0.05, 0) is 67.9 Å². The van der Waals surface area contributed by atoms with Crippen molar-refractivity contribution >= 4 is 23.1 Å². The molecule has 1 aliphatic rings. The van der Waals surface area contributed by atoms with Crippen LogP contribution in [0.5, 0.6) is 11.5 Å². The van der Waals surface area contributed by atoms with E-state index in [1.54, 1.807) is 60.9 Å². The van der Waals surface area contributed by atoms with Crippen LogP contribution in [0.25, 0.3) is 5.76 Å². The fraction of sp³-hybridized carbons (Fsp3) is 0.192. The number of ether oxygens (including phenoxy) is 2. The van der Waals surface area contributed by atoms with Gasteiger partial charge in [0.05, 0.1) is 30.9 Å². The quantitative estimate of drug-likeness (QED) is 0.344. The molecule has 0 radical (unpaired) electrons. The van der Waals surface area contributed by atoms with Crippen LogP contribution in [-0.2, 0) is 9.59 Å². The van der Waals surface area contributed by atoms with Crippen LogP contribution in [0.15, 0.2) is 72.6 Å². The topological polar surface area (TPSA) is 89.0 Å². The van der Waals surface area contributed by atoms with Crippen molar-refractivity contribution in [2.24, 2.45) is 0 Å². The number of rotatable bonds is 6. The zero-order valence-corrected chi connectivity index (χ0v) is 18.6. The number of aliphatic hydroxyl groups is 1. The number of benzene rings is 2. The van der Waals surface area contributed by atoms with Crippen molar-refractivity contribution in [3.05, 3.63) is 89.3 Å². The Morgan fingerprint density at radius 2 is 1.76 bits per heavy atom. The van der Waals surface area contributed by atoms with Crippen molar-refractivity contribution < 1.29 is 24.2 Å². The van der Waals surface area contributed by atoms with Crippen LogP contribution in [0, 0.1) is 6.92 Å². The molecule has 33 heavy (non-hydrogen) atoms. The summed E-state index contributed by atoms with van der Waals surface area (Å²) in [6, 6.07) is 14.8. The van der Waals surface area contributed by atoms with Gasteiger partial charge in [0.25, 0.3) is 11.7 Å². The molecule has 0 spiro atoms. The van der Waals surface area contributed by atoms with Crippen molar-refractivity contribution in [1.29, 1.82) is 0 Å². The van der Waals surface area contributed by atoms with Gasteiger partial charge in [-0.15, -0.1) is 0 Å². The molecule has 1 saturated heterocycles. The minimum absolute atomic E-state index is 0.0102. The minimum atomic E-state index is -0.837. The lowest BCUT2D eigenvalue weighted by Gasteiger charge is -2.25. The predicted octanol–water partition coefficient (Wildman–Crippen LogP) is 4.42. The Bertz CT molecular complexity index is 1220. The summed E-state index contributed by atoms with van der Waals surface area (Å²) in [5.41, 5.74) is 2.37. The molecule has 2 aromatic carbocycles. The highest BCUT2D eigenvalue weighted by molar-refractivity contribution is 6.51. The van der Waals surface area contributed by atoms with Crippen molar-refractivity contribution in [1.82, 2.24) is 4.98 Å². The Morgan fingerprint density at radius 3 is 2.39 bits per heavy atom. The minimum Gasteiger partial charge on any atom is -0.507 e. The number of carbonyl (C=O) groups is 2. The standard InChI is InChI=1S/C26H24N2O5/c1-4-33-19-8-6-18(7-9-19)28-23(17-11-13-27-14-12-17)22(25(30)26(28)31)24(29)20-15-16(2)5-10-21(20)32-3/h5-15,23,29H,4H2,1-3H3/b24-22+. The van der Waals surface area contributed by atoms with E-state index in [4.69, 9.17) is 9.47 Å². The van der Waals surface area contributed by atoms with Crippen LogP contribution in [0.4, 0.5) is 5.69 Å². The number of hydrogen-bond donors (Lipinski definition) is 1. The predicted molar refractivity (Wildman–Crippen MR) is 124 cm³/mol. The van der Waals surface area contributed by atoms with Gasteiger partial charge in [0.1, 0.15) is 17.3 Å². The van der Waals surface area contributed by atoms with E-state index in [0.717, 1.165) is 5.56 Å². The van der Waals surface area contributed by atoms with Crippen LogP contribution in [-0.4, -0.2) is 35.5 Å². The zero-order chi connectivity index (χ0) is 23.5. The highest BCUT2D eigenvalue weighted by Crippen LogP contribution is 2.43. The third-order valence-corrected chi connectivity index (χ3v) is 5.50. The maximum Gasteiger partial charge on any atom is 0.300 e. The van der Waals surface area contributed by atoms with E-state index in [1.165, 1.54) is 12.0 Å². The molecule has 1 atom stereocenters. The van der Waals surface area contributed by atoms with Crippen molar-refractivity contribution in [3.8, 4) is 11.5 Å². The summed E-state index contributed by atoms with van der Waals surface area (Å²) < 4.78 is 10.9. The molecule has 1 amide bonds. The zero-order valence-electron chi connectivity index (χ0n) is 18.6. The number of amides is 1. The molecule has 168 valence electrons. The van der Waals surface area contributed by atoms with Crippen molar-refractivity contribution in [2.75, 3.05) is 18.6 Å². The van der Waals surface area contributed by atoms with Crippen LogP contribution in [0.3, 0.4) is 0 Å². The molecule has 2 heterocycles. The Kier molecular flexibility index (Phi) is 6.13. The molecule has 1 aliphatic heterocycles. The number of aliphatic hydroxyl groups excluding tert-OH is 1. The van der Waals surface area contributed by atoms with Gasteiger partial charge < -0.3 is 14.6 Å². The summed E-state index contributed by atoms with van der Waals surface area (Å²) >= 11 is 0. The molecule has 7 nitrogen and oxygen atoms in total. The first-order valence-electron chi connectivity index (χ1n) is 10.5. The number of Topliss-reactive ketones (excluding diaryl/α,β-unsaturated/α-hetero) is 1. The molecule has 3 aromatic rings. The van der Waals surface area contributed by atoms with Gasteiger partial charge >= 0.3 is 0 Å².